The van der Waals surface area contributed by atoms with Gasteiger partial charge in [0.1, 0.15) is 11.0 Å². The van der Waals surface area contributed by atoms with Gasteiger partial charge in [0.05, 0.1) is 7.11 Å². The smallest absolute Gasteiger partial charge is 0.460 e. The molecule has 0 aromatic rings. The number of ether oxygens (including phenoxy) is 1. The van der Waals surface area contributed by atoms with Crippen LogP contribution in [-0.2, 0) is 25.3 Å². The largest absolute Gasteiger partial charge is 0.469 e. The predicted octanol–water partition coefficient (Wildman–Crippen LogP) is 4.24. The van der Waals surface area contributed by atoms with Crippen LogP contribution in [0.15, 0.2) is 0 Å². The molecule has 5 nitrogen and oxygen atoms in total. The fourth-order valence-electron chi connectivity index (χ4n) is 1.91. The first kappa shape index (κ1) is 31.2. The third kappa shape index (κ3) is 6.40. The summed E-state index contributed by atoms with van der Waals surface area (Å²) in [5.41, 5.74) is 0. The van der Waals surface area contributed by atoms with Crippen LogP contribution >= 0.6 is 0 Å². The van der Waals surface area contributed by atoms with Crippen molar-refractivity contribution in [2.75, 3.05) is 12.9 Å². The van der Waals surface area contributed by atoms with Gasteiger partial charge in [0.15, 0.2) is 0 Å². The van der Waals surface area contributed by atoms with Crippen molar-refractivity contribution < 1.29 is 75.6 Å². The Balaban J connectivity index is 5.38. The van der Waals surface area contributed by atoms with E-state index in [2.05, 4.69) is 4.74 Å². The molecule has 0 fully saturated rings. The first-order valence-electron chi connectivity index (χ1n) is 8.20. The summed E-state index contributed by atoms with van der Waals surface area (Å²) in [6, 6.07) is 0. The Hall–Kier alpha value is -1.82. The normalized spacial score (nSPS) is 15.2. The van der Waals surface area contributed by atoms with Crippen molar-refractivity contribution in [2.24, 2.45) is 0 Å². The summed E-state index contributed by atoms with van der Waals surface area (Å²) in [7, 11) is -1.40. The van der Waals surface area contributed by atoms with Gasteiger partial charge in [-0.25, -0.2) is 4.21 Å². The second kappa shape index (κ2) is 10.2. The van der Waals surface area contributed by atoms with Crippen molar-refractivity contribution in [1.29, 1.82) is 0 Å². The van der Waals surface area contributed by atoms with Gasteiger partial charge < -0.3 is 4.74 Å². The van der Waals surface area contributed by atoms with E-state index in [9.17, 15) is 70.9 Å². The van der Waals surface area contributed by atoms with E-state index in [4.69, 9.17) is 0 Å². The molecule has 19 heteroatoms. The highest BCUT2D eigenvalue weighted by atomic mass is 32.2. The van der Waals surface area contributed by atoms with Gasteiger partial charge in [-0.15, -0.1) is 0 Å². The molecule has 0 aliphatic heterocycles. The summed E-state index contributed by atoms with van der Waals surface area (Å²) < 4.78 is 185. The molecule has 1 atom stereocenters. The predicted molar refractivity (Wildman–Crippen MR) is 82.4 cm³/mol. The van der Waals surface area contributed by atoms with Crippen molar-refractivity contribution in [3.8, 4) is 0 Å². The number of hydrogen-bond acceptors (Lipinski definition) is 4. The number of halogens is 13. The molecule has 0 saturated heterocycles. The van der Waals surface area contributed by atoms with E-state index in [0.717, 1.165) is 7.11 Å². The lowest BCUT2D eigenvalue weighted by Gasteiger charge is -2.39. The van der Waals surface area contributed by atoms with Gasteiger partial charge in [-0.3, -0.25) is 14.3 Å². The van der Waals surface area contributed by atoms with E-state index in [1.54, 1.807) is 0 Å². The van der Waals surface area contributed by atoms with Gasteiger partial charge in [0.25, 0.3) is 0 Å². The molecule has 1 amide bonds. The van der Waals surface area contributed by atoms with Crippen LogP contribution in [0.2, 0.25) is 0 Å². The molecule has 0 spiro atoms. The van der Waals surface area contributed by atoms with Crippen molar-refractivity contribution in [1.82, 2.24) is 4.72 Å². The van der Waals surface area contributed by atoms with Crippen LogP contribution < -0.4 is 4.72 Å². The summed E-state index contributed by atoms with van der Waals surface area (Å²) in [5, 5.41) is 0. The molecule has 0 radical (unpaired) electrons. The number of amides is 1. The van der Waals surface area contributed by atoms with E-state index < -0.39 is 77.2 Å². The standard InChI is InChI=1S/C14H14F13NO4S/c1-32-8(30)3-2-6-33(31)28-7(29)4-5-9(15,16)10(17,18)11(19,20)12(21,22)13(23,24)14(25,26)27/h2-6H2,1H3,(H,28,29). The molecule has 0 aliphatic rings. The average molecular weight is 539 g/mol. The van der Waals surface area contributed by atoms with E-state index in [1.165, 1.54) is 4.72 Å². The maximum absolute atomic E-state index is 13.5. The minimum Gasteiger partial charge on any atom is -0.469 e. The number of carbonyl (C=O) groups is 2. The fourth-order valence-corrected chi connectivity index (χ4v) is 2.77. The van der Waals surface area contributed by atoms with E-state index in [1.807, 2.05) is 0 Å². The molecule has 1 N–H and O–H groups in total. The van der Waals surface area contributed by atoms with Crippen LogP contribution in [0.3, 0.4) is 0 Å². The fraction of sp³-hybridized carbons (Fsp3) is 0.857. The highest BCUT2D eigenvalue weighted by molar-refractivity contribution is 7.83. The SMILES string of the molecule is COC(=O)CCCS(=O)NC(=O)CCC(F)(F)C(F)(F)C(F)(F)C(F)(F)C(F)(F)C(F)(F)F. The molecule has 0 rings (SSSR count). The highest BCUT2D eigenvalue weighted by Gasteiger charge is 2.90. The van der Waals surface area contributed by atoms with Crippen molar-refractivity contribution >= 4 is 22.9 Å². The van der Waals surface area contributed by atoms with Crippen LogP contribution in [-0.4, -0.2) is 64.7 Å². The molecule has 0 aliphatic carbocycles. The quantitative estimate of drug-likeness (QED) is 0.298. The second-order valence-electron chi connectivity index (χ2n) is 6.25. The first-order valence-corrected chi connectivity index (χ1v) is 9.52. The Labute approximate surface area is 178 Å². The Morgan fingerprint density at radius 1 is 0.758 bits per heavy atom. The summed E-state index contributed by atoms with van der Waals surface area (Å²) in [4.78, 5) is 22.1. The Morgan fingerprint density at radius 3 is 1.64 bits per heavy atom. The van der Waals surface area contributed by atoms with Crippen LogP contribution in [0.25, 0.3) is 0 Å². The van der Waals surface area contributed by atoms with Gasteiger partial charge in [0, 0.05) is 25.0 Å². The van der Waals surface area contributed by atoms with Crippen LogP contribution in [0, 0.1) is 0 Å². The Kier molecular flexibility index (Phi) is 9.64. The number of hydrogen-bond donors (Lipinski definition) is 1. The summed E-state index contributed by atoms with van der Waals surface area (Å²) in [6.07, 6.45) is -12.6. The summed E-state index contributed by atoms with van der Waals surface area (Å²) in [6.45, 7) is 0. The van der Waals surface area contributed by atoms with Crippen LogP contribution in [0.5, 0.6) is 0 Å². The Morgan fingerprint density at radius 2 is 1.21 bits per heavy atom. The van der Waals surface area contributed by atoms with Crippen molar-refractivity contribution in [2.45, 2.75) is 61.5 Å². The van der Waals surface area contributed by atoms with Crippen LogP contribution in [0.4, 0.5) is 57.1 Å². The number of alkyl halides is 13. The minimum absolute atomic E-state index is 0.192. The third-order valence-corrected chi connectivity index (χ3v) is 4.95. The van der Waals surface area contributed by atoms with Gasteiger partial charge in [-0.1, -0.05) is 0 Å². The molecule has 0 aromatic heterocycles. The number of rotatable bonds is 12. The van der Waals surface area contributed by atoms with Gasteiger partial charge >= 0.3 is 41.8 Å². The molecular weight excluding hydrogens is 525 g/mol. The zero-order valence-corrected chi connectivity index (χ0v) is 16.8. The monoisotopic (exact) mass is 539 g/mol. The summed E-state index contributed by atoms with van der Waals surface area (Å²) in [5.74, 6) is -40.7. The van der Waals surface area contributed by atoms with Crippen LogP contribution in [0.1, 0.15) is 25.7 Å². The highest BCUT2D eigenvalue weighted by Crippen LogP contribution is 2.60. The maximum Gasteiger partial charge on any atom is 0.460 e. The third-order valence-electron chi connectivity index (χ3n) is 3.83. The Bertz CT molecular complexity index is 739. The van der Waals surface area contributed by atoms with Crippen molar-refractivity contribution in [3.05, 3.63) is 0 Å². The van der Waals surface area contributed by atoms with E-state index in [-0.39, 0.29) is 12.8 Å². The molecule has 0 bridgehead atoms. The average Bonchev–Trinajstić information content (AvgIpc) is 2.64. The first-order chi connectivity index (χ1) is 14.5. The molecule has 0 saturated carbocycles. The minimum atomic E-state index is -8.02. The molecule has 33 heavy (non-hydrogen) atoms. The zero-order chi connectivity index (χ0) is 26.7. The lowest BCUT2D eigenvalue weighted by atomic mass is 9.92. The van der Waals surface area contributed by atoms with Gasteiger partial charge in [-0.2, -0.15) is 57.1 Å². The molecular formula is C14H14F13NO4S. The molecule has 1 unspecified atom stereocenters. The zero-order valence-electron chi connectivity index (χ0n) is 16.0. The number of nitrogens with one attached hydrogen (secondary N) is 1. The van der Waals surface area contributed by atoms with Gasteiger partial charge in [0.2, 0.25) is 5.91 Å². The number of esters is 1. The van der Waals surface area contributed by atoms with Crippen molar-refractivity contribution in [3.63, 3.8) is 0 Å². The molecule has 0 aromatic carbocycles. The maximum atomic E-state index is 13.5. The summed E-state index contributed by atoms with van der Waals surface area (Å²) >= 11 is 0. The lowest BCUT2D eigenvalue weighted by molar-refractivity contribution is -0.440. The van der Waals surface area contributed by atoms with E-state index in [0.29, 0.717) is 0 Å². The number of methoxy groups -OCH3 is 1. The second-order valence-corrected chi connectivity index (χ2v) is 7.56. The molecule has 196 valence electrons. The topological polar surface area (TPSA) is 72.5 Å². The molecule has 0 heterocycles. The van der Waals surface area contributed by atoms with E-state index >= 15 is 0 Å². The lowest BCUT2D eigenvalue weighted by Crippen LogP contribution is -2.70. The number of carbonyl (C=O) groups excluding carboxylic acids is 2. The van der Waals surface area contributed by atoms with Gasteiger partial charge in [-0.05, 0) is 6.42 Å².